The van der Waals surface area contributed by atoms with Crippen LogP contribution in [0.3, 0.4) is 0 Å². The zero-order valence-electron chi connectivity index (χ0n) is 13.1. The normalized spacial score (nSPS) is 13.1. The lowest BCUT2D eigenvalue weighted by Crippen LogP contribution is -2.32. The van der Waals surface area contributed by atoms with E-state index >= 15 is 0 Å². The number of nitrogens with one attached hydrogen (secondary N) is 2. The Morgan fingerprint density at radius 1 is 1.13 bits per heavy atom. The van der Waals surface area contributed by atoms with E-state index in [2.05, 4.69) is 27.4 Å². The van der Waals surface area contributed by atoms with Crippen LogP contribution in [0.25, 0.3) is 11.1 Å². The maximum absolute atomic E-state index is 13.4. The molecule has 0 aliphatic carbocycles. The summed E-state index contributed by atoms with van der Waals surface area (Å²) in [6, 6.07) is 5.44. The first-order valence-electron chi connectivity index (χ1n) is 7.83. The number of hydrogen-bond donors (Lipinski definition) is 2. The van der Waals surface area contributed by atoms with Crippen LogP contribution < -0.4 is 15.5 Å². The Labute approximate surface area is 134 Å². The number of pyridine rings is 1. The van der Waals surface area contributed by atoms with Crippen molar-refractivity contribution in [3.05, 3.63) is 42.1 Å². The summed E-state index contributed by atoms with van der Waals surface area (Å²) in [5, 5.41) is 6.60. The molecule has 0 saturated carbocycles. The average Bonchev–Trinajstić information content (AvgIpc) is 2.93. The standard InChI is InChI=1S/C17H20F2N4/c1-2-3-20-4-5-23-11-22-17-16(23)8-13(10-21-17)12-6-14(18)9-15(19)7-12/h6-10,20H,2-5,11H2,1H3,(H,21,22). The van der Waals surface area contributed by atoms with Crippen molar-refractivity contribution < 1.29 is 8.78 Å². The molecule has 0 unspecified atom stereocenters. The van der Waals surface area contributed by atoms with Gasteiger partial charge in [-0.05, 0) is 36.7 Å². The zero-order valence-corrected chi connectivity index (χ0v) is 13.1. The van der Waals surface area contributed by atoms with Gasteiger partial charge in [0.2, 0.25) is 0 Å². The zero-order chi connectivity index (χ0) is 16.2. The number of aromatic nitrogens is 1. The summed E-state index contributed by atoms with van der Waals surface area (Å²) in [4.78, 5) is 6.54. The lowest BCUT2D eigenvalue weighted by Gasteiger charge is -2.18. The number of hydrogen-bond acceptors (Lipinski definition) is 4. The van der Waals surface area contributed by atoms with E-state index in [9.17, 15) is 8.78 Å². The van der Waals surface area contributed by atoms with Crippen LogP contribution >= 0.6 is 0 Å². The minimum Gasteiger partial charge on any atom is -0.351 e. The first-order chi connectivity index (χ1) is 11.2. The first-order valence-corrected chi connectivity index (χ1v) is 7.83. The van der Waals surface area contributed by atoms with E-state index in [1.807, 2.05) is 6.07 Å². The summed E-state index contributed by atoms with van der Waals surface area (Å²) < 4.78 is 26.8. The molecule has 4 nitrogen and oxygen atoms in total. The van der Waals surface area contributed by atoms with Gasteiger partial charge in [-0.2, -0.15) is 0 Å². The Bertz CT molecular complexity index is 670. The first kappa shape index (κ1) is 15.7. The molecule has 0 bridgehead atoms. The topological polar surface area (TPSA) is 40.2 Å². The molecule has 0 atom stereocenters. The van der Waals surface area contributed by atoms with E-state index in [1.165, 1.54) is 12.1 Å². The summed E-state index contributed by atoms with van der Waals surface area (Å²) >= 11 is 0. The molecule has 2 heterocycles. The van der Waals surface area contributed by atoms with Gasteiger partial charge in [-0.3, -0.25) is 0 Å². The number of fused-ring (bicyclic) bond motifs is 1. The Hall–Kier alpha value is -2.21. The third kappa shape index (κ3) is 3.59. The van der Waals surface area contributed by atoms with Crippen molar-refractivity contribution in [2.24, 2.45) is 0 Å². The largest absolute Gasteiger partial charge is 0.351 e. The fraction of sp³-hybridized carbons (Fsp3) is 0.353. The summed E-state index contributed by atoms with van der Waals surface area (Å²) in [5.74, 6) is -0.361. The highest BCUT2D eigenvalue weighted by Gasteiger charge is 2.20. The van der Waals surface area contributed by atoms with E-state index in [-0.39, 0.29) is 0 Å². The minimum absolute atomic E-state index is 0.494. The fourth-order valence-corrected chi connectivity index (χ4v) is 2.68. The molecule has 0 amide bonds. The third-order valence-electron chi connectivity index (χ3n) is 3.83. The third-order valence-corrected chi connectivity index (χ3v) is 3.83. The van der Waals surface area contributed by atoms with Gasteiger partial charge in [0.15, 0.2) is 5.82 Å². The van der Waals surface area contributed by atoms with E-state index in [1.54, 1.807) is 6.20 Å². The Morgan fingerprint density at radius 3 is 2.65 bits per heavy atom. The summed E-state index contributed by atoms with van der Waals surface area (Å²) in [6.45, 7) is 5.55. The van der Waals surface area contributed by atoms with E-state index in [0.717, 1.165) is 43.6 Å². The quantitative estimate of drug-likeness (QED) is 0.803. The molecular formula is C17H20F2N4. The van der Waals surface area contributed by atoms with Gasteiger partial charge in [0.05, 0.1) is 12.4 Å². The highest BCUT2D eigenvalue weighted by atomic mass is 19.1. The van der Waals surface area contributed by atoms with Crippen LogP contribution in [0.15, 0.2) is 30.5 Å². The van der Waals surface area contributed by atoms with E-state index in [0.29, 0.717) is 17.8 Å². The lowest BCUT2D eigenvalue weighted by molar-refractivity contribution is 0.584. The second kappa shape index (κ2) is 6.91. The molecule has 2 N–H and O–H groups in total. The summed E-state index contributed by atoms with van der Waals surface area (Å²) in [7, 11) is 0. The predicted molar refractivity (Wildman–Crippen MR) is 88.6 cm³/mol. The summed E-state index contributed by atoms with van der Waals surface area (Å²) in [6.07, 6.45) is 2.74. The SMILES string of the molecule is CCCNCCN1CNc2ncc(-c3cc(F)cc(F)c3)cc21. The Balaban J connectivity index is 1.80. The van der Waals surface area contributed by atoms with Gasteiger partial charge in [0.25, 0.3) is 0 Å². The van der Waals surface area contributed by atoms with Crippen LogP contribution in [0.5, 0.6) is 0 Å². The molecule has 3 rings (SSSR count). The van der Waals surface area contributed by atoms with E-state index < -0.39 is 11.6 Å². The molecule has 6 heteroatoms. The molecule has 23 heavy (non-hydrogen) atoms. The number of halogens is 2. The Kier molecular flexibility index (Phi) is 4.71. The van der Waals surface area contributed by atoms with Crippen molar-refractivity contribution in [3.63, 3.8) is 0 Å². The summed E-state index contributed by atoms with van der Waals surface area (Å²) in [5.41, 5.74) is 2.16. The molecule has 1 aliphatic heterocycles. The highest BCUT2D eigenvalue weighted by molar-refractivity contribution is 5.77. The van der Waals surface area contributed by atoms with Gasteiger partial charge >= 0.3 is 0 Å². The van der Waals surface area contributed by atoms with Gasteiger partial charge in [0.1, 0.15) is 11.6 Å². The molecular weight excluding hydrogens is 298 g/mol. The Morgan fingerprint density at radius 2 is 1.91 bits per heavy atom. The smallest absolute Gasteiger partial charge is 0.151 e. The fourth-order valence-electron chi connectivity index (χ4n) is 2.68. The number of nitrogens with zero attached hydrogens (tertiary/aromatic N) is 2. The van der Waals surface area contributed by atoms with Gasteiger partial charge < -0.3 is 15.5 Å². The van der Waals surface area contributed by atoms with Gasteiger partial charge in [-0.1, -0.05) is 6.92 Å². The van der Waals surface area contributed by atoms with Crippen LogP contribution in [0, 0.1) is 11.6 Å². The van der Waals surface area contributed by atoms with Crippen LogP contribution in [0.4, 0.5) is 20.3 Å². The van der Waals surface area contributed by atoms with Crippen molar-refractivity contribution in [2.75, 3.05) is 36.5 Å². The maximum Gasteiger partial charge on any atom is 0.151 e. The molecule has 0 radical (unpaired) electrons. The molecule has 122 valence electrons. The van der Waals surface area contributed by atoms with Crippen LogP contribution in [-0.2, 0) is 0 Å². The molecule has 0 saturated heterocycles. The van der Waals surface area contributed by atoms with Crippen LogP contribution in [0.1, 0.15) is 13.3 Å². The number of anilines is 2. The van der Waals surface area contributed by atoms with Gasteiger partial charge in [-0.15, -0.1) is 0 Å². The second-order valence-corrected chi connectivity index (χ2v) is 5.60. The molecule has 0 fully saturated rings. The molecule has 1 aromatic heterocycles. The maximum atomic E-state index is 13.4. The van der Waals surface area contributed by atoms with Crippen molar-refractivity contribution in [2.45, 2.75) is 13.3 Å². The van der Waals surface area contributed by atoms with Gasteiger partial charge in [0, 0.05) is 30.9 Å². The van der Waals surface area contributed by atoms with Crippen molar-refractivity contribution in [3.8, 4) is 11.1 Å². The van der Waals surface area contributed by atoms with Crippen LogP contribution in [0.2, 0.25) is 0 Å². The molecule has 0 spiro atoms. The monoisotopic (exact) mass is 318 g/mol. The average molecular weight is 318 g/mol. The predicted octanol–water partition coefficient (Wildman–Crippen LogP) is 3.22. The molecule has 2 aromatic rings. The molecule has 1 aliphatic rings. The van der Waals surface area contributed by atoms with Gasteiger partial charge in [-0.25, -0.2) is 13.8 Å². The lowest BCUT2D eigenvalue weighted by atomic mass is 10.1. The van der Waals surface area contributed by atoms with Crippen molar-refractivity contribution in [1.29, 1.82) is 0 Å². The second-order valence-electron chi connectivity index (χ2n) is 5.60. The van der Waals surface area contributed by atoms with Crippen LogP contribution in [-0.4, -0.2) is 31.3 Å². The number of benzene rings is 1. The van der Waals surface area contributed by atoms with E-state index in [4.69, 9.17) is 0 Å². The highest BCUT2D eigenvalue weighted by Crippen LogP contribution is 2.33. The van der Waals surface area contributed by atoms with Crippen molar-refractivity contribution >= 4 is 11.5 Å². The number of rotatable bonds is 6. The molecule has 1 aromatic carbocycles. The minimum atomic E-state index is -0.584. The van der Waals surface area contributed by atoms with Crippen molar-refractivity contribution in [1.82, 2.24) is 10.3 Å².